The Morgan fingerprint density at radius 3 is 2.59 bits per heavy atom. The van der Waals surface area contributed by atoms with Crippen LogP contribution in [0.5, 0.6) is 17.4 Å². The number of ether oxygens (including phenoxy) is 2. The molecule has 17 heavy (non-hydrogen) atoms. The van der Waals surface area contributed by atoms with Crippen LogP contribution >= 0.6 is 0 Å². The van der Waals surface area contributed by atoms with Crippen LogP contribution in [0.15, 0.2) is 36.5 Å². The van der Waals surface area contributed by atoms with Crippen molar-refractivity contribution >= 4 is 5.69 Å². The van der Waals surface area contributed by atoms with Gasteiger partial charge in [-0.3, -0.25) is 0 Å². The van der Waals surface area contributed by atoms with E-state index in [1.165, 1.54) is 0 Å². The Morgan fingerprint density at radius 1 is 1.18 bits per heavy atom. The molecule has 1 aromatic carbocycles. The quantitative estimate of drug-likeness (QED) is 0.824. The van der Waals surface area contributed by atoms with Gasteiger partial charge in [-0.1, -0.05) is 12.1 Å². The zero-order valence-corrected chi connectivity index (χ0v) is 9.81. The van der Waals surface area contributed by atoms with Crippen LogP contribution < -0.4 is 15.2 Å². The van der Waals surface area contributed by atoms with Gasteiger partial charge in [0.1, 0.15) is 5.75 Å². The summed E-state index contributed by atoms with van der Waals surface area (Å²) < 4.78 is 10.7. The van der Waals surface area contributed by atoms with E-state index >= 15 is 0 Å². The van der Waals surface area contributed by atoms with Crippen molar-refractivity contribution in [3.05, 3.63) is 42.1 Å². The number of methoxy groups -OCH3 is 1. The van der Waals surface area contributed by atoms with E-state index in [0.717, 1.165) is 5.56 Å². The molecule has 0 unspecified atom stereocenters. The van der Waals surface area contributed by atoms with Crippen molar-refractivity contribution in [2.24, 2.45) is 0 Å². The van der Waals surface area contributed by atoms with Crippen LogP contribution in [0.4, 0.5) is 5.69 Å². The van der Waals surface area contributed by atoms with Gasteiger partial charge in [0.2, 0.25) is 5.88 Å². The summed E-state index contributed by atoms with van der Waals surface area (Å²) in [5.74, 6) is 1.83. The first kappa shape index (κ1) is 11.3. The minimum atomic E-state index is 0.492. The van der Waals surface area contributed by atoms with Crippen molar-refractivity contribution in [2.75, 3.05) is 12.8 Å². The van der Waals surface area contributed by atoms with Gasteiger partial charge in [0.25, 0.3) is 0 Å². The number of anilines is 1. The highest BCUT2D eigenvalue weighted by molar-refractivity contribution is 5.57. The minimum absolute atomic E-state index is 0.492. The molecule has 2 N–H and O–H groups in total. The van der Waals surface area contributed by atoms with Crippen molar-refractivity contribution in [3.63, 3.8) is 0 Å². The predicted molar refractivity (Wildman–Crippen MR) is 66.5 cm³/mol. The highest BCUT2D eigenvalue weighted by Gasteiger charge is 2.06. The maximum atomic E-state index is 5.85. The van der Waals surface area contributed by atoms with Crippen molar-refractivity contribution in [2.45, 2.75) is 6.92 Å². The van der Waals surface area contributed by atoms with Crippen molar-refractivity contribution in [1.82, 2.24) is 4.98 Å². The smallest absolute Gasteiger partial charge is 0.219 e. The zero-order chi connectivity index (χ0) is 12.3. The first-order valence-corrected chi connectivity index (χ1v) is 5.23. The highest BCUT2D eigenvalue weighted by atomic mass is 16.5. The summed E-state index contributed by atoms with van der Waals surface area (Å²) in [7, 11) is 1.59. The second kappa shape index (κ2) is 4.74. The van der Waals surface area contributed by atoms with Crippen LogP contribution in [0, 0.1) is 6.92 Å². The Hall–Kier alpha value is -2.23. The molecule has 0 aliphatic heterocycles. The van der Waals surface area contributed by atoms with Gasteiger partial charge in [-0.2, -0.15) is 0 Å². The summed E-state index contributed by atoms with van der Waals surface area (Å²) in [4.78, 5) is 4.12. The highest BCUT2D eigenvalue weighted by Crippen LogP contribution is 2.30. The molecule has 0 saturated carbocycles. The fourth-order valence-corrected chi connectivity index (χ4v) is 1.47. The number of benzene rings is 1. The third-order valence-corrected chi connectivity index (χ3v) is 2.39. The summed E-state index contributed by atoms with van der Waals surface area (Å²) in [6.45, 7) is 1.94. The first-order chi connectivity index (χ1) is 8.20. The Labute approximate surface area is 100 Å². The molecule has 0 fully saturated rings. The van der Waals surface area contributed by atoms with Gasteiger partial charge in [-0.15, -0.1) is 0 Å². The van der Waals surface area contributed by atoms with Gasteiger partial charge in [-0.05, 0) is 24.6 Å². The Bertz CT molecular complexity index is 489. The minimum Gasteiger partial charge on any atom is -0.495 e. The molecule has 4 heteroatoms. The van der Waals surface area contributed by atoms with E-state index in [0.29, 0.717) is 23.1 Å². The summed E-state index contributed by atoms with van der Waals surface area (Å²) in [6.07, 6.45) is 1.60. The molecular weight excluding hydrogens is 216 g/mol. The summed E-state index contributed by atoms with van der Waals surface area (Å²) in [5, 5.41) is 0. The lowest BCUT2D eigenvalue weighted by Crippen LogP contribution is -1.95. The van der Waals surface area contributed by atoms with E-state index < -0.39 is 0 Å². The van der Waals surface area contributed by atoms with Gasteiger partial charge >= 0.3 is 0 Å². The second-order valence-electron chi connectivity index (χ2n) is 3.63. The first-order valence-electron chi connectivity index (χ1n) is 5.23. The number of aryl methyl sites for hydroxylation is 1. The number of nitrogen functional groups attached to an aromatic ring is 1. The molecule has 1 heterocycles. The van der Waals surface area contributed by atoms with Crippen molar-refractivity contribution < 1.29 is 9.47 Å². The number of pyridine rings is 1. The Balaban J connectivity index is 2.25. The molecule has 0 aliphatic carbocycles. The van der Waals surface area contributed by atoms with E-state index in [4.69, 9.17) is 15.2 Å². The third-order valence-electron chi connectivity index (χ3n) is 2.39. The van der Waals surface area contributed by atoms with Crippen LogP contribution in [0.1, 0.15) is 5.56 Å². The molecule has 0 radical (unpaired) electrons. The molecule has 0 amide bonds. The molecule has 88 valence electrons. The van der Waals surface area contributed by atoms with Gasteiger partial charge in [-0.25, -0.2) is 4.98 Å². The standard InChI is InChI=1S/C13H14N2O2/c1-9-4-3-5-11(14)13(9)17-12-7-6-10(16-2)8-15-12/h3-8H,14H2,1-2H3. The lowest BCUT2D eigenvalue weighted by atomic mass is 10.2. The lowest BCUT2D eigenvalue weighted by Gasteiger charge is -2.10. The monoisotopic (exact) mass is 230 g/mol. The van der Waals surface area contributed by atoms with Crippen molar-refractivity contribution in [3.8, 4) is 17.4 Å². The molecule has 0 aliphatic rings. The molecule has 1 aromatic heterocycles. The van der Waals surface area contributed by atoms with E-state index in [1.807, 2.05) is 19.1 Å². The fraction of sp³-hybridized carbons (Fsp3) is 0.154. The molecule has 2 rings (SSSR count). The molecule has 2 aromatic rings. The Kier molecular flexibility index (Phi) is 3.14. The number of para-hydroxylation sites is 1. The lowest BCUT2D eigenvalue weighted by molar-refractivity contribution is 0.407. The van der Waals surface area contributed by atoms with Gasteiger partial charge < -0.3 is 15.2 Å². The number of hydrogen-bond acceptors (Lipinski definition) is 4. The summed E-state index contributed by atoms with van der Waals surface area (Å²) >= 11 is 0. The van der Waals surface area contributed by atoms with Gasteiger partial charge in [0, 0.05) is 6.07 Å². The maximum Gasteiger partial charge on any atom is 0.219 e. The molecule has 0 spiro atoms. The van der Waals surface area contributed by atoms with Crippen LogP contribution in [-0.4, -0.2) is 12.1 Å². The maximum absolute atomic E-state index is 5.85. The van der Waals surface area contributed by atoms with E-state index in [9.17, 15) is 0 Å². The fourth-order valence-electron chi connectivity index (χ4n) is 1.47. The SMILES string of the molecule is COc1ccc(Oc2c(C)cccc2N)nc1. The summed E-state index contributed by atoms with van der Waals surface area (Å²) in [6, 6.07) is 9.15. The van der Waals surface area contributed by atoms with Gasteiger partial charge in [0.15, 0.2) is 5.75 Å². The molecule has 0 bridgehead atoms. The number of nitrogens with two attached hydrogens (primary N) is 1. The number of hydrogen-bond donors (Lipinski definition) is 1. The molecule has 0 saturated heterocycles. The van der Waals surface area contributed by atoms with Crippen LogP contribution in [0.3, 0.4) is 0 Å². The molecule has 4 nitrogen and oxygen atoms in total. The van der Waals surface area contributed by atoms with Crippen molar-refractivity contribution in [1.29, 1.82) is 0 Å². The van der Waals surface area contributed by atoms with Gasteiger partial charge in [0.05, 0.1) is 19.0 Å². The van der Waals surface area contributed by atoms with Crippen LogP contribution in [0.25, 0.3) is 0 Å². The largest absolute Gasteiger partial charge is 0.495 e. The second-order valence-corrected chi connectivity index (χ2v) is 3.63. The Morgan fingerprint density at radius 2 is 2.00 bits per heavy atom. The van der Waals surface area contributed by atoms with E-state index in [2.05, 4.69) is 4.98 Å². The molecule has 0 atom stereocenters. The van der Waals surface area contributed by atoms with Crippen LogP contribution in [0.2, 0.25) is 0 Å². The average molecular weight is 230 g/mol. The summed E-state index contributed by atoms with van der Waals surface area (Å²) in [5.41, 5.74) is 7.42. The zero-order valence-electron chi connectivity index (χ0n) is 9.81. The van der Waals surface area contributed by atoms with E-state index in [1.54, 1.807) is 31.5 Å². The van der Waals surface area contributed by atoms with E-state index in [-0.39, 0.29) is 0 Å². The molecular formula is C13H14N2O2. The van der Waals surface area contributed by atoms with Crippen LogP contribution in [-0.2, 0) is 0 Å². The topological polar surface area (TPSA) is 57.4 Å². The number of nitrogens with zero attached hydrogens (tertiary/aromatic N) is 1. The predicted octanol–water partition coefficient (Wildman–Crippen LogP) is 2.77. The normalized spacial score (nSPS) is 10.0. The number of rotatable bonds is 3. The number of aromatic nitrogens is 1. The average Bonchev–Trinajstić information content (AvgIpc) is 2.35. The third kappa shape index (κ3) is 2.47.